The molecular formula is C15H13N2O4S-. The molecule has 0 aromatic heterocycles. The van der Waals surface area contributed by atoms with E-state index in [2.05, 4.69) is 4.99 Å². The summed E-state index contributed by atoms with van der Waals surface area (Å²) in [6, 6.07) is 6.18. The van der Waals surface area contributed by atoms with E-state index < -0.39 is 5.97 Å². The third-order valence-electron chi connectivity index (χ3n) is 3.33. The number of morpholine rings is 1. The first kappa shape index (κ1) is 14.8. The minimum atomic E-state index is -1.22. The third kappa shape index (κ3) is 3.20. The number of hydrogen-bond donors (Lipinski definition) is 0. The number of benzene rings is 1. The number of aliphatic imine (C=N–C) groups is 1. The first-order chi connectivity index (χ1) is 10.6. The lowest BCUT2D eigenvalue weighted by Crippen LogP contribution is -2.38. The van der Waals surface area contributed by atoms with Gasteiger partial charge in [0.2, 0.25) is 0 Å². The molecule has 7 heteroatoms. The molecule has 0 radical (unpaired) electrons. The minimum Gasteiger partial charge on any atom is -0.545 e. The fourth-order valence-electron chi connectivity index (χ4n) is 2.15. The molecule has 0 saturated carbocycles. The maximum absolute atomic E-state index is 12.0. The summed E-state index contributed by atoms with van der Waals surface area (Å²) in [6.45, 7) is 2.73. The van der Waals surface area contributed by atoms with Crippen LogP contribution < -0.4 is 5.11 Å². The lowest BCUT2D eigenvalue weighted by Gasteiger charge is -2.27. The van der Waals surface area contributed by atoms with Crippen molar-refractivity contribution < 1.29 is 19.4 Å². The zero-order valence-electron chi connectivity index (χ0n) is 11.7. The van der Waals surface area contributed by atoms with Crippen LogP contribution in [0.5, 0.6) is 0 Å². The number of carboxylic acids is 1. The Kier molecular flexibility index (Phi) is 4.26. The van der Waals surface area contributed by atoms with Gasteiger partial charge in [0.1, 0.15) is 0 Å². The van der Waals surface area contributed by atoms with Gasteiger partial charge in [0.05, 0.1) is 24.1 Å². The van der Waals surface area contributed by atoms with Crippen LogP contribution in [-0.2, 0) is 9.53 Å². The zero-order chi connectivity index (χ0) is 15.5. The van der Waals surface area contributed by atoms with E-state index in [1.54, 1.807) is 18.2 Å². The van der Waals surface area contributed by atoms with Gasteiger partial charge < -0.3 is 19.5 Å². The molecule has 0 bridgehead atoms. The Morgan fingerprint density at radius 3 is 2.59 bits per heavy atom. The van der Waals surface area contributed by atoms with Crippen molar-refractivity contribution in [3.63, 3.8) is 0 Å². The van der Waals surface area contributed by atoms with Crippen LogP contribution in [0.25, 0.3) is 6.08 Å². The van der Waals surface area contributed by atoms with Crippen LogP contribution in [0.1, 0.15) is 15.9 Å². The van der Waals surface area contributed by atoms with Crippen molar-refractivity contribution in [3.05, 3.63) is 40.3 Å². The Bertz CT molecular complexity index is 661. The highest BCUT2D eigenvalue weighted by Gasteiger charge is 2.26. The molecule has 1 fully saturated rings. The summed E-state index contributed by atoms with van der Waals surface area (Å²) in [5.74, 6) is -1.49. The van der Waals surface area contributed by atoms with Crippen LogP contribution in [0.4, 0.5) is 0 Å². The van der Waals surface area contributed by atoms with Crippen LogP contribution in [0.2, 0.25) is 0 Å². The van der Waals surface area contributed by atoms with E-state index in [-0.39, 0.29) is 11.5 Å². The van der Waals surface area contributed by atoms with Gasteiger partial charge >= 0.3 is 0 Å². The number of ether oxygens (including phenoxy) is 1. The largest absolute Gasteiger partial charge is 0.545 e. The van der Waals surface area contributed by atoms with Crippen LogP contribution >= 0.6 is 11.8 Å². The number of amides is 1. The van der Waals surface area contributed by atoms with Gasteiger partial charge in [-0.1, -0.05) is 24.3 Å². The first-order valence-corrected chi connectivity index (χ1v) is 7.62. The lowest BCUT2D eigenvalue weighted by molar-refractivity contribution is -0.255. The number of carbonyl (C=O) groups is 2. The van der Waals surface area contributed by atoms with Gasteiger partial charge in [0.15, 0.2) is 5.17 Å². The molecule has 2 aliphatic heterocycles. The number of carboxylic acid groups (broad SMARTS) is 1. The van der Waals surface area contributed by atoms with Crippen molar-refractivity contribution in [2.45, 2.75) is 0 Å². The van der Waals surface area contributed by atoms with E-state index in [0.29, 0.717) is 23.3 Å². The van der Waals surface area contributed by atoms with E-state index in [1.165, 1.54) is 23.9 Å². The second kappa shape index (κ2) is 6.33. The average molecular weight is 317 g/mol. The van der Waals surface area contributed by atoms with E-state index >= 15 is 0 Å². The molecule has 0 N–H and O–H groups in total. The molecule has 0 spiro atoms. The summed E-state index contributed by atoms with van der Waals surface area (Å²) in [7, 11) is 0. The van der Waals surface area contributed by atoms with Crippen molar-refractivity contribution in [2.24, 2.45) is 4.99 Å². The Hall–Kier alpha value is -2.12. The van der Waals surface area contributed by atoms with Crippen molar-refractivity contribution >= 4 is 34.9 Å². The number of hydrogen-bond acceptors (Lipinski definition) is 6. The average Bonchev–Trinajstić information content (AvgIpc) is 2.90. The van der Waals surface area contributed by atoms with Gasteiger partial charge in [-0.15, -0.1) is 0 Å². The minimum absolute atomic E-state index is 0.109. The summed E-state index contributed by atoms with van der Waals surface area (Å²) in [4.78, 5) is 29.3. The van der Waals surface area contributed by atoms with E-state index in [1.807, 2.05) is 4.90 Å². The molecular weight excluding hydrogens is 304 g/mol. The molecule has 1 amide bonds. The first-order valence-electron chi connectivity index (χ1n) is 6.80. The number of thioether (sulfide) groups is 1. The van der Waals surface area contributed by atoms with Gasteiger partial charge in [-0.25, -0.2) is 0 Å². The van der Waals surface area contributed by atoms with Gasteiger partial charge in [0, 0.05) is 13.1 Å². The predicted molar refractivity (Wildman–Crippen MR) is 81.2 cm³/mol. The summed E-state index contributed by atoms with van der Waals surface area (Å²) in [5.41, 5.74) is 0.858. The predicted octanol–water partition coefficient (Wildman–Crippen LogP) is 0.353. The number of aromatic carboxylic acids is 1. The van der Waals surface area contributed by atoms with Crippen molar-refractivity contribution in [1.29, 1.82) is 0 Å². The Morgan fingerprint density at radius 1 is 1.27 bits per heavy atom. The van der Waals surface area contributed by atoms with E-state index in [0.717, 1.165) is 18.7 Å². The van der Waals surface area contributed by atoms with Crippen LogP contribution in [0, 0.1) is 0 Å². The quantitative estimate of drug-likeness (QED) is 0.732. The molecule has 114 valence electrons. The number of rotatable bonds is 2. The molecule has 22 heavy (non-hydrogen) atoms. The molecule has 2 aliphatic rings. The number of amidine groups is 1. The SMILES string of the molecule is O=C1N=C(N2CCOCC2)S/C1=C\c1ccc(C(=O)[O-])cc1. The molecule has 0 aliphatic carbocycles. The Morgan fingerprint density at radius 2 is 1.95 bits per heavy atom. The second-order valence-electron chi connectivity index (χ2n) is 4.82. The summed E-state index contributed by atoms with van der Waals surface area (Å²) in [5, 5.41) is 11.4. The maximum Gasteiger partial charge on any atom is 0.286 e. The molecule has 0 atom stereocenters. The van der Waals surface area contributed by atoms with Crippen molar-refractivity contribution in [1.82, 2.24) is 4.90 Å². The molecule has 1 aromatic rings. The molecule has 6 nitrogen and oxygen atoms in total. The zero-order valence-corrected chi connectivity index (χ0v) is 12.5. The summed E-state index contributed by atoms with van der Waals surface area (Å²) >= 11 is 1.33. The highest BCUT2D eigenvalue weighted by atomic mass is 32.2. The Balaban J connectivity index is 1.73. The highest BCUT2D eigenvalue weighted by molar-refractivity contribution is 8.18. The normalized spacial score (nSPS) is 20.4. The number of nitrogens with zero attached hydrogens (tertiary/aromatic N) is 2. The topological polar surface area (TPSA) is 82.0 Å². The Labute approximate surface area is 131 Å². The fourth-order valence-corrected chi connectivity index (χ4v) is 3.12. The summed E-state index contributed by atoms with van der Waals surface area (Å²) < 4.78 is 5.28. The fraction of sp³-hybridized carbons (Fsp3) is 0.267. The van der Waals surface area contributed by atoms with Gasteiger partial charge in [0.25, 0.3) is 5.91 Å². The van der Waals surface area contributed by atoms with Crippen LogP contribution in [0.3, 0.4) is 0 Å². The third-order valence-corrected chi connectivity index (χ3v) is 4.38. The molecule has 0 unspecified atom stereocenters. The summed E-state index contributed by atoms with van der Waals surface area (Å²) in [6.07, 6.45) is 1.71. The smallest absolute Gasteiger partial charge is 0.286 e. The van der Waals surface area contributed by atoms with Crippen LogP contribution in [-0.4, -0.2) is 48.2 Å². The van der Waals surface area contributed by atoms with Crippen molar-refractivity contribution in [3.8, 4) is 0 Å². The second-order valence-corrected chi connectivity index (χ2v) is 5.83. The van der Waals surface area contributed by atoms with Crippen molar-refractivity contribution in [2.75, 3.05) is 26.3 Å². The maximum atomic E-state index is 12.0. The standard InChI is InChI=1S/C15H14N2O4S/c18-13-12(9-10-1-3-11(4-2-10)14(19)20)22-15(16-13)17-5-7-21-8-6-17/h1-4,9H,5-8H2,(H,19,20)/p-1/b12-9-. The molecule has 3 rings (SSSR count). The van der Waals surface area contributed by atoms with Gasteiger partial charge in [-0.2, -0.15) is 4.99 Å². The highest BCUT2D eigenvalue weighted by Crippen LogP contribution is 2.30. The van der Waals surface area contributed by atoms with Gasteiger partial charge in [-0.3, -0.25) is 4.79 Å². The van der Waals surface area contributed by atoms with Gasteiger partial charge in [-0.05, 0) is 29.0 Å². The lowest BCUT2D eigenvalue weighted by atomic mass is 10.1. The van der Waals surface area contributed by atoms with E-state index in [4.69, 9.17) is 4.74 Å². The monoisotopic (exact) mass is 317 g/mol. The molecule has 1 saturated heterocycles. The van der Waals surface area contributed by atoms with Crippen LogP contribution in [0.15, 0.2) is 34.2 Å². The molecule has 1 aromatic carbocycles. The number of carbonyl (C=O) groups excluding carboxylic acids is 2. The molecule has 2 heterocycles. The van der Waals surface area contributed by atoms with E-state index in [9.17, 15) is 14.7 Å².